The highest BCUT2D eigenvalue weighted by Gasteiger charge is 2.49. The lowest BCUT2D eigenvalue weighted by molar-refractivity contribution is -0.0524. The Kier molecular flexibility index (Phi) is 22.0. The van der Waals surface area contributed by atoms with Gasteiger partial charge in [0.05, 0.1) is 8.07 Å². The number of fused-ring (bicyclic) bond motifs is 2. The molecule has 77 heavy (non-hydrogen) atoms. The fourth-order valence-electron chi connectivity index (χ4n) is 8.98. The van der Waals surface area contributed by atoms with E-state index in [2.05, 4.69) is 101 Å². The quantitative estimate of drug-likeness (QED) is 0.0890. The summed E-state index contributed by atoms with van der Waals surface area (Å²) in [6, 6.07) is 47.2. The third-order valence-electron chi connectivity index (χ3n) is 12.9. The molecule has 2 aliphatic rings. The Hall–Kier alpha value is -5.73. The van der Waals surface area contributed by atoms with Crippen LogP contribution in [0, 0.1) is 13.8 Å². The van der Waals surface area contributed by atoms with Gasteiger partial charge in [-0.2, -0.15) is 21.6 Å². The number of nitrogens with zero attached hydrogens (tertiary/aromatic N) is 2. The molecule has 0 saturated carbocycles. The summed E-state index contributed by atoms with van der Waals surface area (Å²) < 4.78 is 68.5. The second kappa shape index (κ2) is 27.2. The van der Waals surface area contributed by atoms with Gasteiger partial charge in [0.25, 0.3) is 0 Å². The first-order valence-corrected chi connectivity index (χ1v) is 30.8. The molecule has 0 fully saturated rings. The van der Waals surface area contributed by atoms with Crippen molar-refractivity contribution < 1.29 is 30.2 Å². The zero-order valence-electron chi connectivity index (χ0n) is 42.0. The van der Waals surface area contributed by atoms with Gasteiger partial charge in [-0.1, -0.05) is 166 Å². The lowest BCUT2D eigenvalue weighted by Crippen LogP contribution is -2.31. The Morgan fingerprint density at radius 1 is 0.532 bits per heavy atom. The number of aromatic nitrogens is 2. The second-order valence-electron chi connectivity index (χ2n) is 19.2. The predicted octanol–water partition coefficient (Wildman–Crippen LogP) is 19.6. The molecular formula is C61H63Cl4F3N2O5SSi. The van der Waals surface area contributed by atoms with E-state index in [4.69, 9.17) is 50.8 Å². The molecule has 1 aromatic heterocycles. The Balaban J connectivity index is 0.000000200. The van der Waals surface area contributed by atoms with Crippen LogP contribution in [0.5, 0.6) is 0 Å². The first-order valence-electron chi connectivity index (χ1n) is 24.3. The van der Waals surface area contributed by atoms with Crippen molar-refractivity contribution in [2.45, 2.75) is 105 Å². The minimum atomic E-state index is -5.53. The Morgan fingerprint density at radius 3 is 1.30 bits per heavy atom. The van der Waals surface area contributed by atoms with Crippen molar-refractivity contribution in [1.29, 1.82) is 0 Å². The summed E-state index contributed by atoms with van der Waals surface area (Å²) in [4.78, 5) is 12.0. The van der Waals surface area contributed by atoms with E-state index in [-0.39, 0.29) is 38.6 Å². The normalized spacial score (nSPS) is 13.2. The fourth-order valence-corrected chi connectivity index (χ4v) is 12.0. The molecule has 2 aliphatic carbocycles. The van der Waals surface area contributed by atoms with Crippen molar-refractivity contribution in [3.05, 3.63) is 209 Å². The van der Waals surface area contributed by atoms with Crippen molar-refractivity contribution in [2.75, 3.05) is 0 Å². The van der Waals surface area contributed by atoms with E-state index >= 15 is 0 Å². The molecule has 16 heteroatoms. The van der Waals surface area contributed by atoms with Crippen molar-refractivity contribution in [3.63, 3.8) is 0 Å². The Morgan fingerprint density at radius 2 is 0.909 bits per heavy atom. The van der Waals surface area contributed by atoms with Gasteiger partial charge in [0.1, 0.15) is 5.76 Å². The lowest BCUT2D eigenvalue weighted by Gasteiger charge is -2.28. The van der Waals surface area contributed by atoms with Crippen LogP contribution in [0.4, 0.5) is 13.2 Å². The molecule has 7 nitrogen and oxygen atoms in total. The largest absolute Gasteiger partial charge is 0.534 e. The van der Waals surface area contributed by atoms with Crippen LogP contribution in [-0.2, 0) is 27.1 Å². The number of hydrogen-bond donors (Lipinski definition) is 0. The molecule has 10 rings (SSSR count). The Bertz CT molecular complexity index is 3360. The Labute approximate surface area is 472 Å². The molecule has 0 saturated heterocycles. The highest BCUT2D eigenvalue weighted by Crippen LogP contribution is 2.45. The van der Waals surface area contributed by atoms with Crippen molar-refractivity contribution in [2.24, 2.45) is 0 Å². The average molecular weight is 1160 g/mol. The molecule has 0 amide bonds. The lowest BCUT2D eigenvalue weighted by atomic mass is 9.78. The zero-order valence-corrected chi connectivity index (χ0v) is 46.8. The van der Waals surface area contributed by atoms with Gasteiger partial charge in [-0.25, -0.2) is 4.79 Å². The number of aryl methyl sites for hydroxylation is 2. The molecule has 1 heterocycles. The number of rotatable bonds is 7. The number of allylic oxidation sites excluding steroid dienone is 2. The van der Waals surface area contributed by atoms with Crippen LogP contribution in [0.1, 0.15) is 75.6 Å². The minimum Gasteiger partial charge on any atom is -0.400 e. The van der Waals surface area contributed by atoms with Gasteiger partial charge in [-0.05, 0) is 180 Å². The molecule has 0 aliphatic heterocycles. The zero-order chi connectivity index (χ0) is 54.1. The van der Waals surface area contributed by atoms with Gasteiger partial charge < -0.3 is 8.60 Å². The summed E-state index contributed by atoms with van der Waals surface area (Å²) in [6.45, 7) is 10.1. The summed E-state index contributed by atoms with van der Waals surface area (Å²) in [5.41, 5.74) is 6.44. The highest BCUT2D eigenvalue weighted by molar-refractivity contribution is 7.87. The smallest absolute Gasteiger partial charge is 0.400 e. The molecule has 406 valence electrons. The highest BCUT2D eigenvalue weighted by atomic mass is 35.5. The molecule has 0 bridgehead atoms. The summed E-state index contributed by atoms with van der Waals surface area (Å²) in [6.07, 6.45) is 7.18. The van der Waals surface area contributed by atoms with Crippen LogP contribution in [0.25, 0.3) is 55.7 Å². The standard InChI is InChI=1S/C26H20Cl2.C15H8Cl2N2O2.C10H17F3O3SSi.C8H10.2CH4/c27-19-13-9-17(10-14-19)25-21-5-1-2-6-22(21)26(18-11-15-20(28)16-12-18)24-8-4-3-7-23(24)25;16-11-5-1-9(2-6-11)13-15(20)21-14(19-18-13)10-3-7-12(17)8-4-10;1-18(2,3)9-7-5-4-6-8(9)16-17(14,15)10(11,12)13;1-7-5-3-4-6-8(7)2;;/h1-2,5-6,9-16H,3-4,7-8H2;1-8H;4-7H2,1-3H3;3-6H,1-2H3;2*1H4. The van der Waals surface area contributed by atoms with E-state index < -0.39 is 29.3 Å². The first kappa shape index (κ1) is 62.1. The monoisotopic (exact) mass is 1160 g/mol. The van der Waals surface area contributed by atoms with Gasteiger partial charge >= 0.3 is 21.3 Å². The van der Waals surface area contributed by atoms with Crippen molar-refractivity contribution in [1.82, 2.24) is 10.2 Å². The molecule has 0 radical (unpaired) electrons. The maximum Gasteiger partial charge on any atom is 0.534 e. The summed E-state index contributed by atoms with van der Waals surface area (Å²) in [7, 11) is -7.38. The van der Waals surface area contributed by atoms with Crippen molar-refractivity contribution in [3.8, 4) is 45.0 Å². The van der Waals surface area contributed by atoms with E-state index in [1.54, 1.807) is 48.5 Å². The van der Waals surface area contributed by atoms with Crippen LogP contribution in [0.3, 0.4) is 0 Å². The van der Waals surface area contributed by atoms with Crippen LogP contribution in [-0.4, -0.2) is 32.2 Å². The van der Waals surface area contributed by atoms with Gasteiger partial charge in [-0.3, -0.25) is 0 Å². The van der Waals surface area contributed by atoms with Crippen LogP contribution >= 0.6 is 46.4 Å². The third-order valence-corrected chi connectivity index (χ3v) is 17.2. The van der Waals surface area contributed by atoms with E-state index in [9.17, 15) is 26.4 Å². The van der Waals surface area contributed by atoms with Gasteiger partial charge in [0, 0.05) is 37.6 Å². The summed E-state index contributed by atoms with van der Waals surface area (Å²) >= 11 is 24.0. The predicted molar refractivity (Wildman–Crippen MR) is 317 cm³/mol. The molecule has 0 spiro atoms. The average Bonchev–Trinajstić information content (AvgIpc) is 3.41. The fraction of sp³-hybridized carbons (Fsp3) is 0.262. The molecule has 7 aromatic carbocycles. The minimum absolute atomic E-state index is 0. The molecule has 0 N–H and O–H groups in total. The third kappa shape index (κ3) is 16.0. The first-order chi connectivity index (χ1) is 35.6. The number of benzene rings is 7. The van der Waals surface area contributed by atoms with Gasteiger partial charge in [0.2, 0.25) is 5.89 Å². The van der Waals surface area contributed by atoms with E-state index in [1.165, 1.54) is 68.1 Å². The van der Waals surface area contributed by atoms with E-state index in [0.717, 1.165) is 34.5 Å². The van der Waals surface area contributed by atoms with Gasteiger partial charge in [0.15, 0.2) is 5.69 Å². The molecule has 0 atom stereocenters. The number of halogens is 7. The topological polar surface area (TPSA) is 99.4 Å². The summed E-state index contributed by atoms with van der Waals surface area (Å²) in [5, 5.41) is 14.0. The van der Waals surface area contributed by atoms with Crippen LogP contribution in [0.2, 0.25) is 39.7 Å². The number of hydrogen-bond acceptors (Lipinski definition) is 7. The van der Waals surface area contributed by atoms with Crippen LogP contribution in [0.15, 0.2) is 166 Å². The van der Waals surface area contributed by atoms with Gasteiger partial charge in [-0.15, -0.1) is 10.2 Å². The molecule has 8 aromatic rings. The molecular weight excluding hydrogens is 1100 g/mol. The van der Waals surface area contributed by atoms with E-state index in [0.29, 0.717) is 34.0 Å². The number of alkyl halides is 3. The van der Waals surface area contributed by atoms with Crippen LogP contribution < -0.4 is 5.63 Å². The SMILES string of the molecule is C.C.C[Si](C)(C)C1=C(OS(=O)(=O)C(F)(F)F)CCCC1.Cc1ccccc1C.Clc1ccc(-c2c3c(c(-c4ccc(Cl)cc4)c4ccccc24)CCCC3)cc1.O=c1oc(-c2ccc(Cl)cc2)nnc1-c1ccc(Cl)cc1. The second-order valence-corrected chi connectivity index (χ2v) is 27.5. The maximum absolute atomic E-state index is 12.3. The van der Waals surface area contributed by atoms with Crippen molar-refractivity contribution >= 4 is 75.4 Å². The van der Waals surface area contributed by atoms with E-state index in [1.807, 2.05) is 43.9 Å². The maximum atomic E-state index is 12.3. The molecule has 0 unspecified atom stereocenters. The summed E-state index contributed by atoms with van der Waals surface area (Å²) in [5.74, 6) is 0.173.